The Morgan fingerprint density at radius 3 is 2.59 bits per heavy atom. The van der Waals surface area contributed by atoms with E-state index in [1.165, 1.54) is 3.57 Å². The van der Waals surface area contributed by atoms with Crippen LogP contribution >= 0.6 is 22.6 Å². The minimum Gasteiger partial charge on any atom is -0.360 e. The first-order valence-corrected chi connectivity index (χ1v) is 8.99. The Labute approximate surface area is 148 Å². The third-order valence-corrected chi connectivity index (χ3v) is 4.39. The highest BCUT2D eigenvalue weighted by atomic mass is 127. The van der Waals surface area contributed by atoms with Gasteiger partial charge in [0, 0.05) is 10.7 Å². The third kappa shape index (κ3) is 6.91. The van der Waals surface area contributed by atoms with E-state index in [9.17, 15) is 0 Å². The molecule has 1 aromatic rings. The summed E-state index contributed by atoms with van der Waals surface area (Å²) in [4.78, 5) is 0. The van der Waals surface area contributed by atoms with Crippen LogP contribution in [0.2, 0.25) is 0 Å². The van der Waals surface area contributed by atoms with Crippen molar-refractivity contribution in [3.63, 3.8) is 0 Å². The second kappa shape index (κ2) is 12.2. The lowest BCUT2D eigenvalue weighted by Crippen LogP contribution is -2.30. The minimum absolute atomic E-state index is 0.0186. The number of halogens is 1. The fourth-order valence-corrected chi connectivity index (χ4v) is 2.93. The first kappa shape index (κ1) is 19.8. The molecular weight excluding hydrogens is 393 g/mol. The van der Waals surface area contributed by atoms with Crippen LogP contribution in [0, 0.1) is 3.57 Å². The zero-order valence-electron chi connectivity index (χ0n) is 13.8. The van der Waals surface area contributed by atoms with Crippen molar-refractivity contribution in [2.45, 2.75) is 45.3 Å². The summed E-state index contributed by atoms with van der Waals surface area (Å²) in [6.07, 6.45) is 3.14. The normalized spacial score (nSPS) is 14.0. The summed E-state index contributed by atoms with van der Waals surface area (Å²) >= 11 is 2.35. The number of rotatable bonds is 12. The first-order valence-electron chi connectivity index (χ1n) is 7.91. The lowest BCUT2D eigenvalue weighted by molar-refractivity contribution is -0.135. The molecule has 1 aromatic carbocycles. The molecule has 0 aliphatic rings. The molecule has 1 rings (SSSR count). The first-order chi connectivity index (χ1) is 10.7. The highest BCUT2D eigenvalue weighted by Gasteiger charge is 2.26. The Kier molecular flexibility index (Phi) is 11.0. The van der Waals surface area contributed by atoms with Crippen LogP contribution in [-0.2, 0) is 14.2 Å². The quantitative estimate of drug-likeness (QED) is 0.314. The van der Waals surface area contributed by atoms with Crippen LogP contribution in [0.4, 0.5) is 0 Å². The molecule has 2 atom stereocenters. The Balaban J connectivity index is 2.89. The Morgan fingerprint density at radius 2 is 1.95 bits per heavy atom. The average Bonchev–Trinajstić information content (AvgIpc) is 2.53. The Bertz CT molecular complexity index is 403. The van der Waals surface area contributed by atoms with Crippen LogP contribution in [0.3, 0.4) is 0 Å². The monoisotopic (exact) mass is 421 g/mol. The van der Waals surface area contributed by atoms with Crippen LogP contribution in [0.25, 0.3) is 0 Å². The lowest BCUT2D eigenvalue weighted by atomic mass is 10.00. The van der Waals surface area contributed by atoms with Crippen molar-refractivity contribution in [2.24, 2.45) is 0 Å². The second-order valence-electron chi connectivity index (χ2n) is 5.11. The van der Waals surface area contributed by atoms with E-state index in [-0.39, 0.29) is 19.0 Å². The van der Waals surface area contributed by atoms with E-state index in [0.29, 0.717) is 6.73 Å². The molecule has 0 radical (unpaired) electrons. The molecule has 0 aromatic heterocycles. The maximum Gasteiger partial charge on any atom is 0.147 e. The van der Waals surface area contributed by atoms with Gasteiger partial charge < -0.3 is 14.2 Å². The van der Waals surface area contributed by atoms with E-state index in [0.717, 1.165) is 31.4 Å². The molecule has 0 unspecified atom stereocenters. The number of ether oxygens (including phenoxy) is 3. The van der Waals surface area contributed by atoms with E-state index >= 15 is 0 Å². The molecule has 4 nitrogen and oxygen atoms in total. The predicted octanol–water partition coefficient (Wildman–Crippen LogP) is 4.10. The molecule has 0 bridgehead atoms. The maximum atomic E-state index is 6.06. The number of benzene rings is 1. The summed E-state index contributed by atoms with van der Waals surface area (Å²) < 4.78 is 18.3. The fraction of sp³-hybridized carbons (Fsp3) is 0.647. The smallest absolute Gasteiger partial charge is 0.147 e. The van der Waals surface area contributed by atoms with Gasteiger partial charge in [0.1, 0.15) is 12.9 Å². The summed E-state index contributed by atoms with van der Waals surface area (Å²) in [5.41, 5.74) is 1.16. The van der Waals surface area contributed by atoms with Crippen LogP contribution in [0.5, 0.6) is 0 Å². The van der Waals surface area contributed by atoms with E-state index in [4.69, 9.17) is 14.2 Å². The van der Waals surface area contributed by atoms with Gasteiger partial charge in [0.2, 0.25) is 0 Å². The standard InChI is InChI=1S/C17H28INO3/c1-4-6-11-16(21-12-19-5-2)17(22-13-20-3)14-9-7-8-10-15(14)18/h7-10,16-17,19H,4-6,11-13H2,1-3H3/t16-,17-/m0/s1. The van der Waals surface area contributed by atoms with Gasteiger partial charge in [-0.05, 0) is 47.2 Å². The molecule has 5 heteroatoms. The van der Waals surface area contributed by atoms with Crippen molar-refractivity contribution in [2.75, 3.05) is 27.2 Å². The minimum atomic E-state index is -0.113. The van der Waals surface area contributed by atoms with Gasteiger partial charge in [-0.3, -0.25) is 5.32 Å². The molecule has 1 N–H and O–H groups in total. The molecule has 0 heterocycles. The van der Waals surface area contributed by atoms with Gasteiger partial charge in [0.05, 0.1) is 12.8 Å². The molecule has 126 valence electrons. The van der Waals surface area contributed by atoms with E-state index < -0.39 is 0 Å². The summed E-state index contributed by atoms with van der Waals surface area (Å²) in [6, 6.07) is 8.29. The summed E-state index contributed by atoms with van der Waals surface area (Å²) in [5, 5.41) is 3.22. The van der Waals surface area contributed by atoms with Crippen LogP contribution in [-0.4, -0.2) is 33.3 Å². The molecule has 0 spiro atoms. The van der Waals surface area contributed by atoms with Gasteiger partial charge in [-0.15, -0.1) is 0 Å². The second-order valence-corrected chi connectivity index (χ2v) is 6.27. The predicted molar refractivity (Wildman–Crippen MR) is 97.8 cm³/mol. The van der Waals surface area contributed by atoms with Crippen LogP contribution in [0.15, 0.2) is 24.3 Å². The summed E-state index contributed by atoms with van der Waals surface area (Å²) in [5.74, 6) is 0. The number of nitrogens with one attached hydrogen (secondary N) is 1. The van der Waals surface area contributed by atoms with E-state index in [1.54, 1.807) is 7.11 Å². The highest BCUT2D eigenvalue weighted by molar-refractivity contribution is 14.1. The fourth-order valence-electron chi connectivity index (χ4n) is 2.24. The summed E-state index contributed by atoms with van der Waals surface area (Å²) in [7, 11) is 1.65. The molecule has 0 saturated heterocycles. The zero-order chi connectivity index (χ0) is 16.2. The van der Waals surface area contributed by atoms with Gasteiger partial charge in [-0.2, -0.15) is 0 Å². The number of hydrogen-bond donors (Lipinski definition) is 1. The van der Waals surface area contributed by atoms with Crippen molar-refractivity contribution < 1.29 is 14.2 Å². The molecule has 0 saturated carbocycles. The van der Waals surface area contributed by atoms with Gasteiger partial charge in [0.25, 0.3) is 0 Å². The van der Waals surface area contributed by atoms with E-state index in [2.05, 4.69) is 53.9 Å². The molecule has 22 heavy (non-hydrogen) atoms. The van der Waals surface area contributed by atoms with Gasteiger partial charge in [-0.1, -0.05) is 44.9 Å². The SMILES string of the molecule is CCCC[C@H](OCNCC)[C@@H](OCOC)c1ccccc1I. The van der Waals surface area contributed by atoms with Crippen molar-refractivity contribution in [3.8, 4) is 0 Å². The summed E-state index contributed by atoms with van der Waals surface area (Å²) in [6.45, 7) is 5.97. The van der Waals surface area contributed by atoms with Crippen molar-refractivity contribution in [3.05, 3.63) is 33.4 Å². The van der Waals surface area contributed by atoms with Gasteiger partial charge >= 0.3 is 0 Å². The number of unbranched alkanes of at least 4 members (excludes halogenated alkanes) is 1. The highest BCUT2D eigenvalue weighted by Crippen LogP contribution is 2.30. The number of methoxy groups -OCH3 is 1. The van der Waals surface area contributed by atoms with Gasteiger partial charge in [-0.25, -0.2) is 0 Å². The van der Waals surface area contributed by atoms with Crippen LogP contribution in [0.1, 0.15) is 44.8 Å². The van der Waals surface area contributed by atoms with E-state index in [1.807, 2.05) is 12.1 Å². The Hall–Kier alpha value is -0.210. The molecule has 0 aliphatic carbocycles. The maximum absolute atomic E-state index is 6.06. The van der Waals surface area contributed by atoms with Crippen LogP contribution < -0.4 is 5.32 Å². The van der Waals surface area contributed by atoms with Gasteiger partial charge in [0.15, 0.2) is 0 Å². The average molecular weight is 421 g/mol. The topological polar surface area (TPSA) is 39.7 Å². The lowest BCUT2D eigenvalue weighted by Gasteiger charge is -2.28. The third-order valence-electron chi connectivity index (χ3n) is 3.41. The molecule has 0 amide bonds. The number of hydrogen-bond acceptors (Lipinski definition) is 4. The largest absolute Gasteiger partial charge is 0.360 e. The van der Waals surface area contributed by atoms with Crippen molar-refractivity contribution in [1.82, 2.24) is 5.32 Å². The zero-order valence-corrected chi connectivity index (χ0v) is 16.0. The molecule has 0 aliphatic heterocycles. The van der Waals surface area contributed by atoms with Crippen molar-refractivity contribution >= 4 is 22.6 Å². The Morgan fingerprint density at radius 1 is 1.18 bits per heavy atom. The molecular formula is C17H28INO3. The molecule has 0 fully saturated rings. The van der Waals surface area contributed by atoms with Crippen molar-refractivity contribution in [1.29, 1.82) is 0 Å².